The van der Waals surface area contributed by atoms with Crippen LogP contribution in [-0.2, 0) is 11.3 Å². The Morgan fingerprint density at radius 2 is 2.41 bits per heavy atom. The van der Waals surface area contributed by atoms with Crippen molar-refractivity contribution < 1.29 is 9.90 Å². The molecule has 1 N–H and O–H groups in total. The molecule has 1 aliphatic heterocycles. The first kappa shape index (κ1) is 13.1. The number of piperidine rings is 1. The van der Waals surface area contributed by atoms with Gasteiger partial charge in [-0.25, -0.2) is 0 Å². The number of nitrogens with zero attached hydrogens (tertiary/aromatic N) is 1. The lowest BCUT2D eigenvalue weighted by atomic mass is 9.92. The summed E-state index contributed by atoms with van der Waals surface area (Å²) in [5, 5.41) is 9.01. The van der Waals surface area contributed by atoms with Crippen LogP contribution in [0.1, 0.15) is 24.6 Å². The van der Waals surface area contributed by atoms with Crippen LogP contribution in [0.5, 0.6) is 0 Å². The van der Waals surface area contributed by atoms with Gasteiger partial charge in [-0.15, -0.1) is 11.3 Å². The predicted octanol–water partition coefficient (Wildman–Crippen LogP) is 3.20. The molecule has 0 spiro atoms. The van der Waals surface area contributed by atoms with Gasteiger partial charge in [0.15, 0.2) is 0 Å². The topological polar surface area (TPSA) is 40.5 Å². The molecule has 2 rings (SSSR count). The number of carboxylic acids is 1. The van der Waals surface area contributed by atoms with Crippen LogP contribution >= 0.6 is 27.3 Å². The van der Waals surface area contributed by atoms with E-state index in [0.29, 0.717) is 6.04 Å². The maximum absolute atomic E-state index is 10.9. The van der Waals surface area contributed by atoms with Gasteiger partial charge in [0.2, 0.25) is 0 Å². The first-order chi connectivity index (χ1) is 8.06. The first-order valence-electron chi connectivity index (χ1n) is 5.77. The number of hydrogen-bond acceptors (Lipinski definition) is 3. The molecule has 94 valence electrons. The first-order valence-corrected chi connectivity index (χ1v) is 7.38. The maximum Gasteiger partial charge on any atom is 0.306 e. The van der Waals surface area contributed by atoms with Crippen LogP contribution in [0.3, 0.4) is 0 Å². The summed E-state index contributed by atoms with van der Waals surface area (Å²) in [4.78, 5) is 14.6. The summed E-state index contributed by atoms with van der Waals surface area (Å²) in [6.45, 7) is 3.94. The molecule has 5 heteroatoms. The smallest absolute Gasteiger partial charge is 0.306 e. The van der Waals surface area contributed by atoms with Gasteiger partial charge in [-0.3, -0.25) is 9.69 Å². The highest BCUT2D eigenvalue weighted by Gasteiger charge is 2.29. The number of hydrogen-bond donors (Lipinski definition) is 1. The number of aliphatic carboxylic acids is 1. The molecule has 1 aliphatic rings. The van der Waals surface area contributed by atoms with Crippen molar-refractivity contribution in [2.24, 2.45) is 5.92 Å². The van der Waals surface area contributed by atoms with Crippen molar-refractivity contribution in [3.8, 4) is 0 Å². The fraction of sp³-hybridized carbons (Fsp3) is 0.583. The van der Waals surface area contributed by atoms with E-state index in [2.05, 4.69) is 39.9 Å². The van der Waals surface area contributed by atoms with E-state index in [-0.39, 0.29) is 5.92 Å². The lowest BCUT2D eigenvalue weighted by Gasteiger charge is -2.35. The normalized spacial score (nSPS) is 26.0. The van der Waals surface area contributed by atoms with Crippen LogP contribution in [0.4, 0.5) is 0 Å². The van der Waals surface area contributed by atoms with Gasteiger partial charge in [-0.2, -0.15) is 0 Å². The summed E-state index contributed by atoms with van der Waals surface area (Å²) < 4.78 is 1.15. The molecule has 1 saturated heterocycles. The predicted molar refractivity (Wildman–Crippen MR) is 72.3 cm³/mol. The van der Waals surface area contributed by atoms with E-state index in [9.17, 15) is 4.79 Å². The number of thiophene rings is 1. The molecule has 17 heavy (non-hydrogen) atoms. The molecule has 0 bridgehead atoms. The Morgan fingerprint density at radius 3 is 2.94 bits per heavy atom. The second-order valence-electron chi connectivity index (χ2n) is 4.58. The Balaban J connectivity index is 1.93. The number of likely N-dealkylation sites (tertiary alicyclic amines) is 1. The minimum absolute atomic E-state index is 0.156. The molecule has 1 aromatic rings. The van der Waals surface area contributed by atoms with Gasteiger partial charge >= 0.3 is 5.97 Å². The largest absolute Gasteiger partial charge is 0.481 e. The second kappa shape index (κ2) is 5.50. The Labute approximate surface area is 114 Å². The molecule has 1 aromatic heterocycles. The molecule has 0 aromatic carbocycles. The Bertz CT molecular complexity index is 407. The third kappa shape index (κ3) is 3.30. The van der Waals surface area contributed by atoms with Crippen molar-refractivity contribution in [1.82, 2.24) is 4.90 Å². The van der Waals surface area contributed by atoms with Crippen molar-refractivity contribution in [2.45, 2.75) is 32.4 Å². The van der Waals surface area contributed by atoms with E-state index in [0.717, 1.165) is 29.7 Å². The number of carbonyl (C=O) groups is 1. The van der Waals surface area contributed by atoms with Gasteiger partial charge in [0.1, 0.15) is 0 Å². The van der Waals surface area contributed by atoms with E-state index < -0.39 is 5.97 Å². The van der Waals surface area contributed by atoms with Crippen LogP contribution in [-0.4, -0.2) is 28.6 Å². The highest BCUT2D eigenvalue weighted by molar-refractivity contribution is 9.11. The van der Waals surface area contributed by atoms with E-state index >= 15 is 0 Å². The van der Waals surface area contributed by atoms with Gasteiger partial charge < -0.3 is 5.11 Å². The van der Waals surface area contributed by atoms with E-state index in [1.165, 1.54) is 4.88 Å². The van der Waals surface area contributed by atoms with E-state index in [1.54, 1.807) is 11.3 Å². The molecule has 1 fully saturated rings. The van der Waals surface area contributed by atoms with Crippen LogP contribution in [0.2, 0.25) is 0 Å². The highest BCUT2D eigenvalue weighted by Crippen LogP contribution is 2.28. The zero-order chi connectivity index (χ0) is 12.4. The minimum atomic E-state index is -0.643. The SMILES string of the molecule is CC1CC(C(=O)O)CCN1Cc1ccc(Br)s1. The van der Waals surface area contributed by atoms with Gasteiger partial charge in [0.25, 0.3) is 0 Å². The summed E-state index contributed by atoms with van der Waals surface area (Å²) >= 11 is 5.21. The van der Waals surface area contributed by atoms with Crippen molar-refractivity contribution in [1.29, 1.82) is 0 Å². The molecule has 2 atom stereocenters. The quantitative estimate of drug-likeness (QED) is 0.930. The van der Waals surface area contributed by atoms with Crippen LogP contribution < -0.4 is 0 Å². The van der Waals surface area contributed by atoms with Gasteiger partial charge in [-0.05, 0) is 54.4 Å². The minimum Gasteiger partial charge on any atom is -0.481 e. The van der Waals surface area contributed by atoms with Crippen LogP contribution in [0, 0.1) is 5.92 Å². The second-order valence-corrected chi connectivity index (χ2v) is 7.13. The third-order valence-electron chi connectivity index (χ3n) is 3.35. The van der Waals surface area contributed by atoms with Crippen molar-refractivity contribution in [3.63, 3.8) is 0 Å². The summed E-state index contributed by atoms with van der Waals surface area (Å²) in [7, 11) is 0. The van der Waals surface area contributed by atoms with Gasteiger partial charge in [0, 0.05) is 17.5 Å². The Hall–Kier alpha value is -0.390. The fourth-order valence-electron chi connectivity index (χ4n) is 2.32. The monoisotopic (exact) mass is 317 g/mol. The fourth-order valence-corrected chi connectivity index (χ4v) is 3.83. The zero-order valence-electron chi connectivity index (χ0n) is 9.73. The van der Waals surface area contributed by atoms with Crippen LogP contribution in [0.25, 0.3) is 0 Å². The van der Waals surface area contributed by atoms with Crippen molar-refractivity contribution >= 4 is 33.2 Å². The summed E-state index contributed by atoms with van der Waals surface area (Å²) in [6, 6.07) is 4.55. The molecule has 0 saturated carbocycles. The zero-order valence-corrected chi connectivity index (χ0v) is 12.1. The average Bonchev–Trinajstić information content (AvgIpc) is 2.67. The summed E-state index contributed by atoms with van der Waals surface area (Å²) in [5.41, 5.74) is 0. The van der Waals surface area contributed by atoms with Crippen LogP contribution in [0.15, 0.2) is 15.9 Å². The van der Waals surface area contributed by atoms with E-state index in [4.69, 9.17) is 5.11 Å². The highest BCUT2D eigenvalue weighted by atomic mass is 79.9. The molecular formula is C12H16BrNO2S. The third-order valence-corrected chi connectivity index (χ3v) is 4.96. The average molecular weight is 318 g/mol. The summed E-state index contributed by atoms with van der Waals surface area (Å²) in [6.07, 6.45) is 1.54. The number of halogens is 1. The molecule has 2 unspecified atom stereocenters. The van der Waals surface area contributed by atoms with Crippen molar-refractivity contribution in [3.05, 3.63) is 20.8 Å². The lowest BCUT2D eigenvalue weighted by molar-refractivity contribution is -0.144. The summed E-state index contributed by atoms with van der Waals surface area (Å²) in [5.74, 6) is -0.799. The standard InChI is InChI=1S/C12H16BrNO2S/c1-8-6-9(12(15)16)4-5-14(8)7-10-2-3-11(13)17-10/h2-3,8-9H,4-7H2,1H3,(H,15,16). The maximum atomic E-state index is 10.9. The molecule has 2 heterocycles. The number of rotatable bonds is 3. The number of carboxylic acid groups (broad SMARTS) is 1. The van der Waals surface area contributed by atoms with Gasteiger partial charge in [-0.1, -0.05) is 0 Å². The Kier molecular flexibility index (Phi) is 4.22. The molecule has 0 aliphatic carbocycles. The van der Waals surface area contributed by atoms with Gasteiger partial charge in [0.05, 0.1) is 9.70 Å². The van der Waals surface area contributed by atoms with Crippen molar-refractivity contribution in [2.75, 3.05) is 6.54 Å². The molecule has 0 radical (unpaired) electrons. The molecule has 3 nitrogen and oxygen atoms in total. The van der Waals surface area contributed by atoms with E-state index in [1.807, 2.05) is 0 Å². The Morgan fingerprint density at radius 1 is 1.65 bits per heavy atom. The molecular weight excluding hydrogens is 302 g/mol. The molecule has 0 amide bonds. The lowest BCUT2D eigenvalue weighted by Crippen LogP contribution is -2.41.